The van der Waals surface area contributed by atoms with Gasteiger partial charge in [0.2, 0.25) is 0 Å². The topological polar surface area (TPSA) is 115 Å². The molecule has 0 aliphatic carbocycles. The van der Waals surface area contributed by atoms with Gasteiger partial charge in [-0.2, -0.15) is 0 Å². The van der Waals surface area contributed by atoms with Crippen LogP contribution in [-0.4, -0.2) is 41.4 Å². The monoisotopic (exact) mass is 400 g/mol. The molecule has 0 aliphatic rings. The van der Waals surface area contributed by atoms with E-state index >= 15 is 0 Å². The van der Waals surface area contributed by atoms with Gasteiger partial charge in [0.05, 0.1) is 18.9 Å². The van der Waals surface area contributed by atoms with Crippen molar-refractivity contribution in [2.45, 2.75) is 13.3 Å². The van der Waals surface area contributed by atoms with Crippen molar-refractivity contribution in [3.05, 3.63) is 62.5 Å². The van der Waals surface area contributed by atoms with Crippen LogP contribution in [0.2, 0.25) is 0 Å². The standard InChI is InChI=1S/C19H16N2O6S/c1-10-20-17(24)15-12(16(19(25)26-2)28-18(15)21-10)8-14(23)27-9-13(22)11-6-4-3-5-7-11/h3-7H,8-9H2,1-2H3,(H,20,21,24). The van der Waals surface area contributed by atoms with E-state index in [2.05, 4.69) is 9.97 Å². The molecule has 1 aromatic carbocycles. The molecule has 0 radical (unpaired) electrons. The Morgan fingerprint density at radius 3 is 2.57 bits per heavy atom. The molecule has 0 atom stereocenters. The molecule has 0 spiro atoms. The number of hydrogen-bond donors (Lipinski definition) is 1. The SMILES string of the molecule is COC(=O)c1sc2nc(C)[nH]c(=O)c2c1CC(=O)OCC(=O)c1ccccc1. The fourth-order valence-electron chi connectivity index (χ4n) is 2.65. The van der Waals surface area contributed by atoms with Gasteiger partial charge in [-0.15, -0.1) is 11.3 Å². The van der Waals surface area contributed by atoms with E-state index in [4.69, 9.17) is 9.47 Å². The molecule has 0 saturated heterocycles. The minimum Gasteiger partial charge on any atom is -0.465 e. The van der Waals surface area contributed by atoms with Crippen molar-refractivity contribution in [3.63, 3.8) is 0 Å². The second-order valence-electron chi connectivity index (χ2n) is 5.86. The molecule has 0 saturated carbocycles. The number of H-pyrrole nitrogens is 1. The minimum absolute atomic E-state index is 0.104. The van der Waals surface area contributed by atoms with Crippen LogP contribution >= 0.6 is 11.3 Å². The van der Waals surface area contributed by atoms with E-state index in [0.717, 1.165) is 11.3 Å². The van der Waals surface area contributed by atoms with Crippen LogP contribution in [0.25, 0.3) is 10.2 Å². The minimum atomic E-state index is -0.742. The molecule has 3 aromatic rings. The van der Waals surface area contributed by atoms with Crippen molar-refractivity contribution >= 4 is 39.3 Å². The maximum absolute atomic E-state index is 12.3. The van der Waals surface area contributed by atoms with E-state index in [1.165, 1.54) is 7.11 Å². The number of hydrogen-bond acceptors (Lipinski definition) is 8. The third kappa shape index (κ3) is 3.99. The number of esters is 2. The van der Waals surface area contributed by atoms with Gasteiger partial charge in [-0.25, -0.2) is 9.78 Å². The van der Waals surface area contributed by atoms with E-state index < -0.39 is 24.1 Å². The van der Waals surface area contributed by atoms with Crippen molar-refractivity contribution < 1.29 is 23.9 Å². The lowest BCUT2D eigenvalue weighted by Gasteiger charge is -2.05. The fourth-order valence-corrected chi connectivity index (χ4v) is 3.80. The fraction of sp³-hybridized carbons (Fsp3) is 0.211. The summed E-state index contributed by atoms with van der Waals surface area (Å²) in [6.45, 7) is 1.17. The van der Waals surface area contributed by atoms with Crippen molar-refractivity contribution in [3.8, 4) is 0 Å². The van der Waals surface area contributed by atoms with E-state index in [9.17, 15) is 19.2 Å². The largest absolute Gasteiger partial charge is 0.465 e. The molecule has 28 heavy (non-hydrogen) atoms. The van der Waals surface area contributed by atoms with Crippen LogP contribution in [0.1, 0.15) is 31.4 Å². The first kappa shape index (κ1) is 19.4. The van der Waals surface area contributed by atoms with Crippen molar-refractivity contribution in [1.82, 2.24) is 9.97 Å². The number of fused-ring (bicyclic) bond motifs is 1. The summed E-state index contributed by atoms with van der Waals surface area (Å²) >= 11 is 0.968. The van der Waals surface area contributed by atoms with Crippen LogP contribution < -0.4 is 5.56 Å². The number of rotatable bonds is 6. The number of ether oxygens (including phenoxy) is 2. The molecule has 8 nitrogen and oxygen atoms in total. The highest BCUT2D eigenvalue weighted by atomic mass is 32.1. The van der Waals surface area contributed by atoms with Gasteiger partial charge >= 0.3 is 11.9 Å². The third-order valence-electron chi connectivity index (χ3n) is 3.93. The highest BCUT2D eigenvalue weighted by molar-refractivity contribution is 7.20. The number of thiophene rings is 1. The van der Waals surface area contributed by atoms with E-state index in [0.29, 0.717) is 16.2 Å². The molecule has 2 heterocycles. The number of nitrogens with one attached hydrogen (secondary N) is 1. The van der Waals surface area contributed by atoms with Gasteiger partial charge < -0.3 is 14.5 Å². The number of carbonyl (C=O) groups is 3. The highest BCUT2D eigenvalue weighted by Crippen LogP contribution is 2.29. The van der Waals surface area contributed by atoms with E-state index in [1.807, 2.05) is 0 Å². The maximum atomic E-state index is 12.3. The van der Waals surface area contributed by atoms with Crippen LogP contribution in [0.4, 0.5) is 0 Å². The van der Waals surface area contributed by atoms with Crippen LogP contribution in [0, 0.1) is 6.92 Å². The van der Waals surface area contributed by atoms with Gasteiger partial charge in [0.1, 0.15) is 15.5 Å². The Morgan fingerprint density at radius 1 is 1.18 bits per heavy atom. The number of benzene rings is 1. The van der Waals surface area contributed by atoms with Crippen LogP contribution in [0.5, 0.6) is 0 Å². The third-order valence-corrected chi connectivity index (χ3v) is 5.04. The Bertz CT molecular complexity index is 1120. The number of methoxy groups -OCH3 is 1. The summed E-state index contributed by atoms with van der Waals surface area (Å²) in [6, 6.07) is 8.41. The molecule has 0 bridgehead atoms. The normalized spacial score (nSPS) is 10.6. The number of nitrogens with zero attached hydrogens (tertiary/aromatic N) is 1. The average Bonchev–Trinajstić information content (AvgIpc) is 3.04. The van der Waals surface area contributed by atoms with Crippen molar-refractivity contribution in [2.24, 2.45) is 0 Å². The molecule has 0 amide bonds. The van der Waals surface area contributed by atoms with Crippen LogP contribution in [-0.2, 0) is 20.7 Å². The predicted octanol–water partition coefficient (Wildman–Crippen LogP) is 2.05. The van der Waals surface area contributed by atoms with E-state index in [-0.39, 0.29) is 28.0 Å². The Kier molecular flexibility index (Phi) is 5.65. The molecule has 0 fully saturated rings. The summed E-state index contributed by atoms with van der Waals surface area (Å²) in [4.78, 5) is 55.9. The average molecular weight is 400 g/mol. The molecule has 9 heteroatoms. The van der Waals surface area contributed by atoms with Gasteiger partial charge in [-0.05, 0) is 6.92 Å². The zero-order chi connectivity index (χ0) is 20.3. The molecular formula is C19H16N2O6S. The van der Waals surface area contributed by atoms with Gasteiger partial charge in [0.25, 0.3) is 5.56 Å². The maximum Gasteiger partial charge on any atom is 0.348 e. The number of Topliss-reactive ketones (excluding diaryl/α,β-unsaturated/α-hetero) is 1. The van der Waals surface area contributed by atoms with Gasteiger partial charge in [-0.3, -0.25) is 14.4 Å². The molecule has 1 N–H and O–H groups in total. The summed E-state index contributed by atoms with van der Waals surface area (Å²) in [5.41, 5.74) is 0.137. The number of carbonyl (C=O) groups excluding carboxylic acids is 3. The Morgan fingerprint density at radius 2 is 1.89 bits per heavy atom. The highest BCUT2D eigenvalue weighted by Gasteiger charge is 2.25. The van der Waals surface area contributed by atoms with Gasteiger partial charge in [0.15, 0.2) is 12.4 Å². The summed E-state index contributed by atoms with van der Waals surface area (Å²) in [5, 5.41) is 0.141. The number of aromatic amines is 1. The van der Waals surface area contributed by atoms with Crippen LogP contribution in [0.3, 0.4) is 0 Å². The second kappa shape index (κ2) is 8.13. The molecule has 144 valence electrons. The van der Waals surface area contributed by atoms with E-state index in [1.54, 1.807) is 37.3 Å². The lowest BCUT2D eigenvalue weighted by atomic mass is 10.1. The van der Waals surface area contributed by atoms with Gasteiger partial charge in [-0.1, -0.05) is 30.3 Å². The molecule has 0 aliphatic heterocycles. The smallest absolute Gasteiger partial charge is 0.348 e. The molecule has 2 aromatic heterocycles. The van der Waals surface area contributed by atoms with Crippen LogP contribution in [0.15, 0.2) is 35.1 Å². The summed E-state index contributed by atoms with van der Waals surface area (Å²) in [7, 11) is 1.20. The molecule has 0 unspecified atom stereocenters. The summed E-state index contributed by atoms with van der Waals surface area (Å²) < 4.78 is 9.78. The predicted molar refractivity (Wildman–Crippen MR) is 102 cm³/mol. The van der Waals surface area contributed by atoms with Crippen molar-refractivity contribution in [2.75, 3.05) is 13.7 Å². The van der Waals surface area contributed by atoms with Crippen molar-refractivity contribution in [1.29, 1.82) is 0 Å². The first-order valence-corrected chi connectivity index (χ1v) is 9.06. The lowest BCUT2D eigenvalue weighted by molar-refractivity contribution is -0.141. The zero-order valence-corrected chi connectivity index (χ0v) is 15.9. The number of aromatic nitrogens is 2. The lowest BCUT2D eigenvalue weighted by Crippen LogP contribution is -2.18. The Hall–Kier alpha value is -3.33. The first-order valence-electron chi connectivity index (χ1n) is 8.25. The van der Waals surface area contributed by atoms with Gasteiger partial charge in [0, 0.05) is 11.1 Å². The molecular weight excluding hydrogens is 384 g/mol. The Labute approximate surface area is 163 Å². The first-order chi connectivity index (χ1) is 13.4. The number of ketones is 1. The second-order valence-corrected chi connectivity index (χ2v) is 6.86. The number of aryl methyl sites for hydroxylation is 1. The quantitative estimate of drug-likeness (QED) is 0.497. The Balaban J connectivity index is 1.84. The summed E-state index contributed by atoms with van der Waals surface area (Å²) in [6.07, 6.45) is -0.361. The molecule has 3 rings (SSSR count). The zero-order valence-electron chi connectivity index (χ0n) is 15.1. The summed E-state index contributed by atoms with van der Waals surface area (Å²) in [5.74, 6) is -1.39.